The number of aryl methyl sites for hydroxylation is 2. The second-order valence-electron chi connectivity index (χ2n) is 9.05. The average molecular weight is 418 g/mol. The first-order valence-corrected chi connectivity index (χ1v) is 11.3. The summed E-state index contributed by atoms with van der Waals surface area (Å²) in [5, 5.41) is 15.3. The molecule has 2 aliphatic rings. The fourth-order valence-electron chi connectivity index (χ4n) is 4.14. The highest BCUT2D eigenvalue weighted by Gasteiger charge is 2.30. The van der Waals surface area contributed by atoms with Gasteiger partial charge in [0.05, 0.1) is 6.10 Å². The van der Waals surface area contributed by atoms with Crippen molar-refractivity contribution in [3.05, 3.63) is 23.4 Å². The molecule has 3 rings (SSSR count). The summed E-state index contributed by atoms with van der Waals surface area (Å²) in [4.78, 5) is 27.9. The van der Waals surface area contributed by atoms with E-state index in [-0.39, 0.29) is 17.9 Å². The SMILES string of the molecule is CC(C)CC(=O)NC(CCOC1CC(CCc2ccc3c(n2)NCCC3)C1)C(=O)O. The Hall–Kier alpha value is -2.15. The van der Waals surface area contributed by atoms with Gasteiger partial charge in [-0.1, -0.05) is 19.9 Å². The molecule has 0 spiro atoms. The van der Waals surface area contributed by atoms with Crippen LogP contribution in [0.1, 0.15) is 63.6 Å². The Balaban J connectivity index is 1.31. The number of ether oxygens (including phenoxy) is 1. The summed E-state index contributed by atoms with van der Waals surface area (Å²) in [6.45, 7) is 5.23. The Labute approximate surface area is 179 Å². The number of hydrogen-bond donors (Lipinski definition) is 3. The molecule has 1 aliphatic carbocycles. The molecule has 3 N–H and O–H groups in total. The standard InChI is InChI=1S/C23H35N3O4/c1-15(2)12-21(27)26-20(23(28)29)9-11-30-19-13-16(14-19)5-7-18-8-6-17-4-3-10-24-22(17)25-18/h6,8,15-16,19-20H,3-5,7,9-14H2,1-2H3,(H,24,25)(H,26,27)(H,28,29). The van der Waals surface area contributed by atoms with Gasteiger partial charge in [0, 0.05) is 31.7 Å². The van der Waals surface area contributed by atoms with E-state index in [1.807, 2.05) is 13.8 Å². The Morgan fingerprint density at radius 2 is 2.13 bits per heavy atom. The van der Waals surface area contributed by atoms with Crippen molar-refractivity contribution in [2.75, 3.05) is 18.5 Å². The van der Waals surface area contributed by atoms with E-state index in [1.54, 1.807) is 0 Å². The molecule has 1 saturated carbocycles. The number of carboxylic acids is 1. The number of fused-ring (bicyclic) bond motifs is 1. The number of pyridine rings is 1. The number of carbonyl (C=O) groups excluding carboxylic acids is 1. The number of aliphatic carboxylic acids is 1. The fraction of sp³-hybridized carbons (Fsp3) is 0.696. The summed E-state index contributed by atoms with van der Waals surface area (Å²) in [5.74, 6) is 0.681. The molecule has 30 heavy (non-hydrogen) atoms. The van der Waals surface area contributed by atoms with Crippen LogP contribution in [-0.2, 0) is 27.2 Å². The van der Waals surface area contributed by atoms with E-state index in [1.165, 1.54) is 12.0 Å². The normalized spacial score (nSPS) is 21.3. The molecule has 1 aromatic heterocycles. The predicted octanol–water partition coefficient (Wildman–Crippen LogP) is 3.17. The highest BCUT2D eigenvalue weighted by molar-refractivity contribution is 5.83. The largest absolute Gasteiger partial charge is 0.480 e. The van der Waals surface area contributed by atoms with Crippen molar-refractivity contribution in [1.82, 2.24) is 10.3 Å². The first kappa shape index (κ1) is 22.5. The lowest BCUT2D eigenvalue weighted by Gasteiger charge is -2.35. The van der Waals surface area contributed by atoms with Gasteiger partial charge in [-0.15, -0.1) is 0 Å². The van der Waals surface area contributed by atoms with Crippen LogP contribution in [-0.4, -0.2) is 47.3 Å². The summed E-state index contributed by atoms with van der Waals surface area (Å²) in [6, 6.07) is 3.48. The van der Waals surface area contributed by atoms with Gasteiger partial charge in [0.1, 0.15) is 11.9 Å². The second-order valence-corrected chi connectivity index (χ2v) is 9.05. The topological polar surface area (TPSA) is 101 Å². The molecule has 1 unspecified atom stereocenters. The summed E-state index contributed by atoms with van der Waals surface area (Å²) < 4.78 is 5.84. The van der Waals surface area contributed by atoms with Crippen molar-refractivity contribution in [3.63, 3.8) is 0 Å². The van der Waals surface area contributed by atoms with Crippen LogP contribution in [0, 0.1) is 11.8 Å². The monoisotopic (exact) mass is 417 g/mol. The summed E-state index contributed by atoms with van der Waals surface area (Å²) in [6.07, 6.45) is 7.24. The molecule has 7 heteroatoms. The molecule has 1 aromatic rings. The molecule has 0 saturated heterocycles. The van der Waals surface area contributed by atoms with Crippen molar-refractivity contribution in [2.45, 2.75) is 77.4 Å². The molecule has 7 nitrogen and oxygen atoms in total. The molecule has 1 aliphatic heterocycles. The van der Waals surface area contributed by atoms with Crippen molar-refractivity contribution in [1.29, 1.82) is 0 Å². The van der Waals surface area contributed by atoms with Gasteiger partial charge in [0.15, 0.2) is 0 Å². The van der Waals surface area contributed by atoms with Crippen LogP contribution in [0.25, 0.3) is 0 Å². The van der Waals surface area contributed by atoms with Gasteiger partial charge in [-0.3, -0.25) is 4.79 Å². The molecular weight excluding hydrogens is 382 g/mol. The van der Waals surface area contributed by atoms with Crippen LogP contribution in [0.5, 0.6) is 0 Å². The number of rotatable bonds is 11. The third-order valence-electron chi connectivity index (χ3n) is 5.94. The van der Waals surface area contributed by atoms with Crippen LogP contribution in [0.4, 0.5) is 5.82 Å². The average Bonchev–Trinajstić information content (AvgIpc) is 2.67. The maximum Gasteiger partial charge on any atom is 0.326 e. The van der Waals surface area contributed by atoms with Crippen molar-refractivity contribution >= 4 is 17.7 Å². The number of amides is 1. The van der Waals surface area contributed by atoms with Gasteiger partial charge < -0.3 is 20.5 Å². The minimum atomic E-state index is -1.01. The summed E-state index contributed by atoms with van der Waals surface area (Å²) >= 11 is 0. The molecule has 1 amide bonds. The summed E-state index contributed by atoms with van der Waals surface area (Å²) in [7, 11) is 0. The van der Waals surface area contributed by atoms with E-state index in [4.69, 9.17) is 9.72 Å². The zero-order valence-corrected chi connectivity index (χ0v) is 18.2. The number of nitrogens with zero attached hydrogens (tertiary/aromatic N) is 1. The van der Waals surface area contributed by atoms with Gasteiger partial charge >= 0.3 is 5.97 Å². The maximum absolute atomic E-state index is 11.8. The quantitative estimate of drug-likeness (QED) is 0.511. The van der Waals surface area contributed by atoms with Gasteiger partial charge in [-0.25, -0.2) is 9.78 Å². The minimum absolute atomic E-state index is 0.203. The lowest BCUT2D eigenvalue weighted by atomic mass is 9.79. The number of hydrogen-bond acceptors (Lipinski definition) is 5. The van der Waals surface area contributed by atoms with Crippen molar-refractivity contribution < 1.29 is 19.4 Å². The van der Waals surface area contributed by atoms with E-state index < -0.39 is 12.0 Å². The molecule has 0 bridgehead atoms. The molecule has 0 radical (unpaired) electrons. The van der Waals surface area contributed by atoms with Crippen LogP contribution >= 0.6 is 0 Å². The van der Waals surface area contributed by atoms with Crippen LogP contribution < -0.4 is 10.6 Å². The maximum atomic E-state index is 11.8. The lowest BCUT2D eigenvalue weighted by molar-refractivity contribution is -0.143. The highest BCUT2D eigenvalue weighted by Crippen LogP contribution is 2.34. The van der Waals surface area contributed by atoms with Crippen LogP contribution in [0.2, 0.25) is 0 Å². The van der Waals surface area contributed by atoms with E-state index >= 15 is 0 Å². The third kappa shape index (κ3) is 6.69. The van der Waals surface area contributed by atoms with E-state index in [9.17, 15) is 14.7 Å². The number of carboxylic acid groups (broad SMARTS) is 1. The predicted molar refractivity (Wildman–Crippen MR) is 115 cm³/mol. The lowest BCUT2D eigenvalue weighted by Crippen LogP contribution is -2.42. The smallest absolute Gasteiger partial charge is 0.326 e. The Bertz CT molecular complexity index is 731. The number of anilines is 1. The first-order chi connectivity index (χ1) is 14.4. The van der Waals surface area contributed by atoms with E-state index in [0.717, 1.165) is 50.2 Å². The number of nitrogens with one attached hydrogen (secondary N) is 2. The zero-order valence-electron chi connectivity index (χ0n) is 18.2. The van der Waals surface area contributed by atoms with E-state index in [0.29, 0.717) is 25.4 Å². The van der Waals surface area contributed by atoms with Gasteiger partial charge in [0.25, 0.3) is 0 Å². The van der Waals surface area contributed by atoms with E-state index in [2.05, 4.69) is 22.8 Å². The first-order valence-electron chi connectivity index (χ1n) is 11.3. The molecule has 0 aromatic carbocycles. The molecule has 1 atom stereocenters. The minimum Gasteiger partial charge on any atom is -0.480 e. The van der Waals surface area contributed by atoms with Crippen LogP contribution in [0.15, 0.2) is 12.1 Å². The van der Waals surface area contributed by atoms with Gasteiger partial charge in [-0.2, -0.15) is 0 Å². The Morgan fingerprint density at radius 3 is 2.87 bits per heavy atom. The Kier molecular flexibility index (Phi) is 8.08. The summed E-state index contributed by atoms with van der Waals surface area (Å²) in [5.41, 5.74) is 2.47. The number of aromatic nitrogens is 1. The molecule has 166 valence electrons. The van der Waals surface area contributed by atoms with Gasteiger partial charge in [-0.05, 0) is 62.0 Å². The molecular formula is C23H35N3O4. The third-order valence-corrected chi connectivity index (χ3v) is 5.94. The second kappa shape index (κ2) is 10.8. The van der Waals surface area contributed by atoms with Gasteiger partial charge in [0.2, 0.25) is 5.91 Å². The molecule has 1 fully saturated rings. The molecule has 2 heterocycles. The zero-order chi connectivity index (χ0) is 21.5. The Morgan fingerprint density at radius 1 is 1.33 bits per heavy atom. The van der Waals surface area contributed by atoms with Crippen LogP contribution in [0.3, 0.4) is 0 Å². The number of carbonyl (C=O) groups is 2. The van der Waals surface area contributed by atoms with Crippen molar-refractivity contribution in [2.24, 2.45) is 11.8 Å². The fourth-order valence-corrected chi connectivity index (χ4v) is 4.14. The highest BCUT2D eigenvalue weighted by atomic mass is 16.5. The van der Waals surface area contributed by atoms with Crippen molar-refractivity contribution in [3.8, 4) is 0 Å².